The van der Waals surface area contributed by atoms with Crippen molar-refractivity contribution < 1.29 is 19.8 Å². The number of nitrogens with one attached hydrogen (secondary N) is 1. The van der Waals surface area contributed by atoms with Gasteiger partial charge in [-0.1, -0.05) is 31.6 Å². The van der Waals surface area contributed by atoms with Gasteiger partial charge in [-0.25, -0.2) is 4.98 Å². The largest absolute Gasteiger partial charge is 0.393 e. The SMILES string of the molecule is CC12C=CC(=O)C=C1CCC1C2C(O)CC2(C)C1CC[C@]2(O)C(=O)Nc1ccccn1. The Kier molecular flexibility index (Phi) is 4.54. The zero-order valence-corrected chi connectivity index (χ0v) is 18.0. The third kappa shape index (κ3) is 2.81. The minimum atomic E-state index is -1.56. The summed E-state index contributed by atoms with van der Waals surface area (Å²) in [5.74, 6) is 0.292. The summed E-state index contributed by atoms with van der Waals surface area (Å²) in [7, 11) is 0. The van der Waals surface area contributed by atoms with Crippen LogP contribution in [0.4, 0.5) is 5.82 Å². The van der Waals surface area contributed by atoms with Crippen molar-refractivity contribution in [3.8, 4) is 0 Å². The van der Waals surface area contributed by atoms with E-state index in [1.165, 1.54) is 0 Å². The molecule has 1 amide bonds. The molecule has 0 radical (unpaired) electrons. The molecule has 7 atom stereocenters. The van der Waals surface area contributed by atoms with E-state index in [9.17, 15) is 19.8 Å². The second-order valence-corrected chi connectivity index (χ2v) is 10.3. The van der Waals surface area contributed by atoms with Gasteiger partial charge < -0.3 is 15.5 Å². The summed E-state index contributed by atoms with van der Waals surface area (Å²) in [5, 5.41) is 25.9. The normalized spacial score (nSPS) is 43.5. The van der Waals surface area contributed by atoms with Crippen molar-refractivity contribution in [2.45, 2.75) is 57.7 Å². The number of aliphatic hydroxyl groups excluding tert-OH is 1. The molecule has 4 aliphatic rings. The molecule has 164 valence electrons. The molecule has 6 nitrogen and oxygen atoms in total. The molecule has 0 saturated heterocycles. The smallest absolute Gasteiger partial charge is 0.258 e. The summed E-state index contributed by atoms with van der Waals surface area (Å²) in [6.07, 6.45) is 9.42. The summed E-state index contributed by atoms with van der Waals surface area (Å²) in [4.78, 5) is 29.3. The quantitative estimate of drug-likeness (QED) is 0.680. The van der Waals surface area contributed by atoms with Gasteiger partial charge in [0, 0.05) is 22.9 Å². The topological polar surface area (TPSA) is 99.5 Å². The Morgan fingerprint density at radius 2 is 2.06 bits per heavy atom. The Hall–Kier alpha value is -2.31. The first-order chi connectivity index (χ1) is 14.7. The number of pyridine rings is 1. The maximum absolute atomic E-state index is 13.2. The first-order valence-corrected chi connectivity index (χ1v) is 11.3. The van der Waals surface area contributed by atoms with Gasteiger partial charge in [0.2, 0.25) is 0 Å². The van der Waals surface area contributed by atoms with Crippen molar-refractivity contribution in [1.82, 2.24) is 4.98 Å². The van der Waals surface area contributed by atoms with Gasteiger partial charge in [-0.2, -0.15) is 0 Å². The van der Waals surface area contributed by atoms with Gasteiger partial charge >= 0.3 is 0 Å². The molecule has 1 heterocycles. The van der Waals surface area contributed by atoms with E-state index in [0.717, 1.165) is 24.8 Å². The van der Waals surface area contributed by atoms with Crippen LogP contribution in [0.3, 0.4) is 0 Å². The molecule has 6 unspecified atom stereocenters. The summed E-state index contributed by atoms with van der Waals surface area (Å²) in [5.41, 5.74) is -1.53. The van der Waals surface area contributed by atoms with E-state index in [2.05, 4.69) is 17.2 Å². The predicted molar refractivity (Wildman–Crippen MR) is 116 cm³/mol. The minimum Gasteiger partial charge on any atom is -0.393 e. The Labute approximate surface area is 182 Å². The van der Waals surface area contributed by atoms with E-state index in [1.807, 2.05) is 13.0 Å². The fourth-order valence-corrected chi connectivity index (χ4v) is 7.36. The van der Waals surface area contributed by atoms with Crippen molar-refractivity contribution >= 4 is 17.5 Å². The second-order valence-electron chi connectivity index (χ2n) is 10.3. The molecule has 1 aromatic heterocycles. The molecule has 0 spiro atoms. The molecule has 31 heavy (non-hydrogen) atoms. The number of aromatic nitrogens is 1. The van der Waals surface area contributed by atoms with Crippen LogP contribution in [-0.4, -0.2) is 38.6 Å². The van der Waals surface area contributed by atoms with E-state index in [4.69, 9.17) is 0 Å². The van der Waals surface area contributed by atoms with Crippen molar-refractivity contribution in [2.24, 2.45) is 28.6 Å². The maximum atomic E-state index is 13.2. The fraction of sp³-hybridized carbons (Fsp3) is 0.560. The monoisotopic (exact) mass is 422 g/mol. The average molecular weight is 423 g/mol. The molecule has 0 aliphatic heterocycles. The Balaban J connectivity index is 1.47. The fourth-order valence-electron chi connectivity index (χ4n) is 7.36. The molecule has 6 heteroatoms. The Morgan fingerprint density at radius 3 is 2.81 bits per heavy atom. The zero-order valence-electron chi connectivity index (χ0n) is 18.0. The van der Waals surface area contributed by atoms with Gasteiger partial charge in [-0.3, -0.25) is 9.59 Å². The van der Waals surface area contributed by atoms with Crippen LogP contribution >= 0.6 is 0 Å². The number of ketones is 1. The number of nitrogens with zero attached hydrogens (tertiary/aromatic N) is 1. The van der Waals surface area contributed by atoms with Crippen molar-refractivity contribution in [1.29, 1.82) is 0 Å². The summed E-state index contributed by atoms with van der Waals surface area (Å²) in [6.45, 7) is 4.09. The molecule has 3 N–H and O–H groups in total. The first-order valence-electron chi connectivity index (χ1n) is 11.3. The lowest BCUT2D eigenvalue weighted by Crippen LogP contribution is -2.62. The molecule has 1 aromatic rings. The van der Waals surface area contributed by atoms with Gasteiger partial charge in [0.05, 0.1) is 6.10 Å². The lowest BCUT2D eigenvalue weighted by molar-refractivity contribution is -0.174. The third-order valence-electron chi connectivity index (χ3n) is 8.93. The van der Waals surface area contributed by atoms with Crippen LogP contribution in [0.15, 0.2) is 48.2 Å². The van der Waals surface area contributed by atoms with Crippen LogP contribution in [0, 0.1) is 28.6 Å². The molecular weight excluding hydrogens is 392 g/mol. The highest BCUT2D eigenvalue weighted by atomic mass is 16.3. The van der Waals surface area contributed by atoms with Crippen LogP contribution in [0.2, 0.25) is 0 Å². The van der Waals surface area contributed by atoms with Crippen LogP contribution < -0.4 is 5.32 Å². The number of amides is 1. The van der Waals surface area contributed by atoms with Crippen LogP contribution in [0.5, 0.6) is 0 Å². The average Bonchev–Trinajstić information content (AvgIpc) is 3.00. The van der Waals surface area contributed by atoms with Crippen LogP contribution in [0.25, 0.3) is 0 Å². The van der Waals surface area contributed by atoms with E-state index in [0.29, 0.717) is 18.7 Å². The number of anilines is 1. The molecule has 4 aliphatic carbocycles. The molecule has 5 rings (SSSR count). The highest BCUT2D eigenvalue weighted by Gasteiger charge is 2.68. The minimum absolute atomic E-state index is 0.0162. The predicted octanol–water partition coefficient (Wildman–Crippen LogP) is 3.03. The second kappa shape index (κ2) is 6.84. The Morgan fingerprint density at radius 1 is 1.26 bits per heavy atom. The molecule has 3 fully saturated rings. The van der Waals surface area contributed by atoms with Crippen LogP contribution in [0.1, 0.15) is 46.0 Å². The Bertz CT molecular complexity index is 988. The standard InChI is InChI=1S/C25H30N2O4/c1-23-10-8-16(28)13-15(23)6-7-17-18-9-11-25(31,24(18,2)14-19(29)21(17)23)22(30)27-20-5-3-4-12-26-20/h3-5,8,10,12-13,17-19,21,29,31H,6-7,9,11,14H2,1-2H3,(H,26,27,30)/t17?,18?,19?,21?,23?,24?,25-/m0/s1. The van der Waals surface area contributed by atoms with Crippen molar-refractivity contribution in [3.05, 3.63) is 48.2 Å². The molecule has 3 saturated carbocycles. The highest BCUT2D eigenvalue weighted by molar-refractivity contribution is 6.01. The lowest BCUT2D eigenvalue weighted by atomic mass is 9.46. The number of hydrogen-bond acceptors (Lipinski definition) is 5. The van der Waals surface area contributed by atoms with Crippen molar-refractivity contribution in [3.63, 3.8) is 0 Å². The van der Waals surface area contributed by atoms with Gasteiger partial charge in [0.15, 0.2) is 5.78 Å². The summed E-state index contributed by atoms with van der Waals surface area (Å²) < 4.78 is 0. The van der Waals surface area contributed by atoms with Crippen molar-refractivity contribution in [2.75, 3.05) is 5.32 Å². The summed E-state index contributed by atoms with van der Waals surface area (Å²) >= 11 is 0. The van der Waals surface area contributed by atoms with Gasteiger partial charge in [-0.05, 0) is 68.2 Å². The molecule has 0 aromatic carbocycles. The highest BCUT2D eigenvalue weighted by Crippen LogP contribution is 2.67. The van der Waals surface area contributed by atoms with E-state index < -0.39 is 23.0 Å². The molecular formula is C25H30N2O4. The van der Waals surface area contributed by atoms with E-state index in [-0.39, 0.29) is 29.0 Å². The van der Waals surface area contributed by atoms with E-state index >= 15 is 0 Å². The molecule has 0 bridgehead atoms. The lowest BCUT2D eigenvalue weighted by Gasteiger charge is -2.59. The number of rotatable bonds is 2. The zero-order chi connectivity index (χ0) is 22.0. The van der Waals surface area contributed by atoms with E-state index in [1.54, 1.807) is 36.5 Å². The number of carbonyl (C=O) groups excluding carboxylic acids is 2. The summed E-state index contributed by atoms with van der Waals surface area (Å²) in [6, 6.07) is 5.26. The number of allylic oxidation sites excluding steroid dienone is 4. The number of hydrogen-bond donors (Lipinski definition) is 3. The number of aliphatic hydroxyl groups is 2. The van der Waals surface area contributed by atoms with Gasteiger partial charge in [-0.15, -0.1) is 0 Å². The van der Waals surface area contributed by atoms with Gasteiger partial charge in [0.1, 0.15) is 11.4 Å². The maximum Gasteiger partial charge on any atom is 0.258 e. The number of fused-ring (bicyclic) bond motifs is 5. The number of carbonyl (C=O) groups is 2. The van der Waals surface area contributed by atoms with Gasteiger partial charge in [0.25, 0.3) is 5.91 Å². The first kappa shape index (κ1) is 20.6. The third-order valence-corrected chi connectivity index (χ3v) is 8.93. The van der Waals surface area contributed by atoms with Crippen LogP contribution in [-0.2, 0) is 9.59 Å².